The van der Waals surface area contributed by atoms with Gasteiger partial charge in [0, 0.05) is 11.1 Å². The standard InChI is InChI=1S/C18H17Cl2N5O3S2/c1-9-16(17(25-30(27)28)11-3-4-13(19)14(20)5-11)22-8-15(24-9)18(26)23-7-12-6-21-10(2)29-12/h3-6,8,17,30H,7H2,1-2H3,(H,23,26)(H,25,27,28). The molecule has 0 aliphatic carbocycles. The van der Waals surface area contributed by atoms with Crippen molar-refractivity contribution in [2.45, 2.75) is 26.4 Å². The maximum atomic E-state index is 12.4. The van der Waals surface area contributed by atoms with Crippen LogP contribution in [-0.4, -0.2) is 29.3 Å². The molecule has 1 atom stereocenters. The Morgan fingerprint density at radius 2 is 1.93 bits per heavy atom. The van der Waals surface area contributed by atoms with Crippen LogP contribution in [-0.2, 0) is 17.4 Å². The van der Waals surface area contributed by atoms with E-state index in [1.165, 1.54) is 17.5 Å². The first kappa shape index (κ1) is 22.6. The SMILES string of the molecule is Cc1ncc(CNC(=O)c2cnc(C(N[SH](=O)=O)c3ccc(Cl)c(Cl)c3)c(C)n2)s1. The molecular formula is C18H17Cl2N5O3S2. The summed E-state index contributed by atoms with van der Waals surface area (Å²) in [6.07, 6.45) is 3.01. The number of aromatic nitrogens is 3. The van der Waals surface area contributed by atoms with E-state index < -0.39 is 22.8 Å². The molecule has 12 heteroatoms. The predicted molar refractivity (Wildman–Crippen MR) is 117 cm³/mol. The van der Waals surface area contributed by atoms with Gasteiger partial charge in [0.1, 0.15) is 5.69 Å². The van der Waals surface area contributed by atoms with Crippen LogP contribution in [0.4, 0.5) is 0 Å². The van der Waals surface area contributed by atoms with E-state index in [0.717, 1.165) is 9.88 Å². The number of carbonyl (C=O) groups is 1. The van der Waals surface area contributed by atoms with Gasteiger partial charge in [0.25, 0.3) is 5.91 Å². The lowest BCUT2D eigenvalue weighted by Gasteiger charge is -2.18. The summed E-state index contributed by atoms with van der Waals surface area (Å²) in [4.78, 5) is 26.1. The quantitative estimate of drug-likeness (QED) is 0.443. The van der Waals surface area contributed by atoms with Crippen molar-refractivity contribution in [3.05, 3.63) is 73.2 Å². The molecule has 0 saturated heterocycles. The zero-order chi connectivity index (χ0) is 21.8. The minimum atomic E-state index is -2.94. The summed E-state index contributed by atoms with van der Waals surface area (Å²) in [6, 6.07) is 3.94. The molecule has 3 rings (SSSR count). The van der Waals surface area contributed by atoms with Crippen molar-refractivity contribution in [1.82, 2.24) is 25.0 Å². The molecule has 1 amide bonds. The Morgan fingerprint density at radius 1 is 1.17 bits per heavy atom. The third-order valence-corrected chi connectivity index (χ3v) is 6.22. The Labute approximate surface area is 188 Å². The zero-order valence-electron chi connectivity index (χ0n) is 15.8. The molecule has 2 N–H and O–H groups in total. The number of hydrogen-bond donors (Lipinski definition) is 3. The summed E-state index contributed by atoms with van der Waals surface area (Å²) < 4.78 is 25.2. The fraction of sp³-hybridized carbons (Fsp3) is 0.222. The topological polar surface area (TPSA) is 114 Å². The van der Waals surface area contributed by atoms with Crippen LogP contribution in [0.5, 0.6) is 0 Å². The van der Waals surface area contributed by atoms with E-state index in [0.29, 0.717) is 28.5 Å². The average molecular weight is 486 g/mol. The van der Waals surface area contributed by atoms with E-state index in [9.17, 15) is 13.2 Å². The van der Waals surface area contributed by atoms with Crippen LogP contribution in [0.2, 0.25) is 10.0 Å². The Bertz CT molecular complexity index is 1160. The van der Waals surface area contributed by atoms with Gasteiger partial charge >= 0.3 is 0 Å². The summed E-state index contributed by atoms with van der Waals surface area (Å²) >= 11 is 13.5. The summed E-state index contributed by atoms with van der Waals surface area (Å²) in [5.41, 5.74) is 1.41. The monoisotopic (exact) mass is 485 g/mol. The van der Waals surface area contributed by atoms with Crippen molar-refractivity contribution in [2.75, 3.05) is 0 Å². The van der Waals surface area contributed by atoms with Crippen molar-refractivity contribution in [3.63, 3.8) is 0 Å². The molecule has 0 aliphatic heterocycles. The number of halogens is 2. The highest BCUT2D eigenvalue weighted by atomic mass is 35.5. The van der Waals surface area contributed by atoms with Crippen LogP contribution in [0.15, 0.2) is 30.6 Å². The highest BCUT2D eigenvalue weighted by Crippen LogP contribution is 2.29. The van der Waals surface area contributed by atoms with E-state index in [1.807, 2.05) is 6.92 Å². The molecule has 0 radical (unpaired) electrons. The van der Waals surface area contributed by atoms with Crippen molar-refractivity contribution < 1.29 is 13.2 Å². The zero-order valence-corrected chi connectivity index (χ0v) is 19.1. The van der Waals surface area contributed by atoms with Gasteiger partial charge in [-0.05, 0) is 31.5 Å². The van der Waals surface area contributed by atoms with Gasteiger partial charge in [0.05, 0.1) is 45.2 Å². The highest BCUT2D eigenvalue weighted by molar-refractivity contribution is 7.70. The lowest BCUT2D eigenvalue weighted by Crippen LogP contribution is -2.26. The average Bonchev–Trinajstić information content (AvgIpc) is 3.11. The number of carbonyl (C=O) groups excluding carboxylic acids is 1. The van der Waals surface area contributed by atoms with Gasteiger partial charge in [-0.3, -0.25) is 9.78 Å². The normalized spacial score (nSPS) is 12.2. The number of benzene rings is 1. The molecule has 0 aliphatic rings. The Hall–Kier alpha value is -2.11. The number of aryl methyl sites for hydroxylation is 2. The maximum Gasteiger partial charge on any atom is 0.271 e. The molecule has 0 bridgehead atoms. The van der Waals surface area contributed by atoms with Crippen LogP contribution in [0, 0.1) is 13.8 Å². The van der Waals surface area contributed by atoms with Gasteiger partial charge in [0.2, 0.25) is 10.9 Å². The molecule has 2 aromatic heterocycles. The number of nitrogens with one attached hydrogen (secondary N) is 2. The molecule has 2 heterocycles. The Morgan fingerprint density at radius 3 is 2.53 bits per heavy atom. The summed E-state index contributed by atoms with van der Waals surface area (Å²) in [7, 11) is -2.94. The van der Waals surface area contributed by atoms with Gasteiger partial charge in [-0.1, -0.05) is 29.3 Å². The lowest BCUT2D eigenvalue weighted by atomic mass is 10.0. The first-order valence-corrected chi connectivity index (χ1v) is 11.4. The Kier molecular flexibility index (Phi) is 7.37. The molecule has 0 spiro atoms. The second-order valence-corrected chi connectivity index (χ2v) is 9.15. The van der Waals surface area contributed by atoms with Gasteiger partial charge in [-0.25, -0.2) is 23.1 Å². The van der Waals surface area contributed by atoms with E-state index in [2.05, 4.69) is 25.0 Å². The van der Waals surface area contributed by atoms with Gasteiger partial charge < -0.3 is 5.32 Å². The summed E-state index contributed by atoms with van der Waals surface area (Å²) in [5.74, 6) is -0.392. The fourth-order valence-corrected chi connectivity index (χ4v) is 4.24. The molecule has 30 heavy (non-hydrogen) atoms. The number of thiazole rings is 1. The first-order chi connectivity index (χ1) is 14.2. The van der Waals surface area contributed by atoms with E-state index in [4.69, 9.17) is 23.2 Å². The fourth-order valence-electron chi connectivity index (χ4n) is 2.72. The largest absolute Gasteiger partial charge is 0.346 e. The number of rotatable bonds is 7. The maximum absolute atomic E-state index is 12.4. The molecular weight excluding hydrogens is 469 g/mol. The smallest absolute Gasteiger partial charge is 0.271 e. The van der Waals surface area contributed by atoms with Gasteiger partial charge in [-0.2, -0.15) is 0 Å². The number of thiol groups is 1. The van der Waals surface area contributed by atoms with E-state index >= 15 is 0 Å². The number of hydrogen-bond acceptors (Lipinski definition) is 7. The molecule has 0 saturated carbocycles. The Balaban J connectivity index is 1.84. The van der Waals surface area contributed by atoms with E-state index in [1.54, 1.807) is 31.3 Å². The summed E-state index contributed by atoms with van der Waals surface area (Å²) in [5, 5.41) is 4.30. The van der Waals surface area contributed by atoms with Crippen molar-refractivity contribution >= 4 is 51.3 Å². The molecule has 158 valence electrons. The van der Waals surface area contributed by atoms with Crippen LogP contribution >= 0.6 is 34.5 Å². The molecule has 1 unspecified atom stereocenters. The summed E-state index contributed by atoms with van der Waals surface area (Å²) in [6.45, 7) is 3.87. The highest BCUT2D eigenvalue weighted by Gasteiger charge is 2.21. The third-order valence-electron chi connectivity index (χ3n) is 4.09. The number of nitrogens with zero attached hydrogens (tertiary/aromatic N) is 3. The molecule has 1 aromatic carbocycles. The van der Waals surface area contributed by atoms with Crippen LogP contribution < -0.4 is 10.0 Å². The second-order valence-electron chi connectivity index (χ2n) is 6.25. The van der Waals surface area contributed by atoms with Crippen LogP contribution in [0.3, 0.4) is 0 Å². The molecule has 3 aromatic rings. The van der Waals surface area contributed by atoms with Gasteiger partial charge in [0.15, 0.2) is 0 Å². The van der Waals surface area contributed by atoms with Crippen LogP contribution in [0.1, 0.15) is 43.4 Å². The van der Waals surface area contributed by atoms with Crippen molar-refractivity contribution in [3.8, 4) is 0 Å². The van der Waals surface area contributed by atoms with Gasteiger partial charge in [-0.15, -0.1) is 11.3 Å². The van der Waals surface area contributed by atoms with Crippen molar-refractivity contribution in [1.29, 1.82) is 0 Å². The second kappa shape index (κ2) is 9.80. The lowest BCUT2D eigenvalue weighted by molar-refractivity contribution is 0.0945. The third kappa shape index (κ3) is 5.52. The predicted octanol–water partition coefficient (Wildman–Crippen LogP) is 2.99. The van der Waals surface area contributed by atoms with Crippen molar-refractivity contribution in [2.24, 2.45) is 0 Å². The minimum absolute atomic E-state index is 0.122. The minimum Gasteiger partial charge on any atom is -0.346 e. The molecule has 8 nitrogen and oxygen atoms in total. The first-order valence-electron chi connectivity index (χ1n) is 8.63. The number of amides is 1. The van der Waals surface area contributed by atoms with E-state index in [-0.39, 0.29) is 10.7 Å². The van der Waals surface area contributed by atoms with Crippen LogP contribution in [0.25, 0.3) is 0 Å². The molecule has 0 fully saturated rings.